The van der Waals surface area contributed by atoms with Gasteiger partial charge < -0.3 is 31.2 Å². The minimum absolute atomic E-state index is 0.560. The second-order valence-electron chi connectivity index (χ2n) is 6.87. The van der Waals surface area contributed by atoms with E-state index in [1.807, 2.05) is 60.7 Å². The van der Waals surface area contributed by atoms with Crippen LogP contribution in [-0.2, 0) is 0 Å². The Morgan fingerprint density at radius 1 is 0.794 bits per heavy atom. The average molecular weight is 514 g/mol. The minimum Gasteiger partial charge on any atom is -0.493 e. The molecule has 34 heavy (non-hydrogen) atoms. The fraction of sp³-hybridized carbons (Fsp3) is 0.0870. The first-order valence-electron chi connectivity index (χ1n) is 9.76. The van der Waals surface area contributed by atoms with E-state index >= 15 is 0 Å². The average Bonchev–Trinajstić information content (AvgIpc) is 2.76. The van der Waals surface area contributed by atoms with E-state index in [2.05, 4.69) is 4.99 Å². The van der Waals surface area contributed by atoms with Crippen LogP contribution in [0.1, 0.15) is 0 Å². The van der Waals surface area contributed by atoms with Crippen molar-refractivity contribution in [2.45, 2.75) is 0 Å². The zero-order valence-electron chi connectivity index (χ0n) is 17.9. The lowest BCUT2D eigenvalue weighted by atomic mass is 10.1. The number of rotatable bonds is 4. The Labute approximate surface area is 202 Å². The summed E-state index contributed by atoms with van der Waals surface area (Å²) in [5.41, 5.74) is 2.40. The number of fused-ring (bicyclic) bond motifs is 1. The summed E-state index contributed by atoms with van der Waals surface area (Å²) in [4.78, 5) is 3.41. The molecule has 3 aromatic carbocycles. The lowest BCUT2D eigenvalue weighted by Gasteiger charge is -2.09. The Morgan fingerprint density at radius 3 is 2.03 bits per heavy atom. The standard InChI is InChI=1S/C23H17Cl2NO3.BF4/c1-27-21-8-7-14(9-23(21)28-2)22-13-19(18-5-3-4-6-20(18)29-22)26-17-11-15(24)10-16(25)12-17;2-1(3,4)5/h3-13H,1-2H3;/q;-1/p+1. The van der Waals surface area contributed by atoms with Gasteiger partial charge in [0.2, 0.25) is 11.0 Å². The van der Waals surface area contributed by atoms with Crippen LogP contribution < -0.4 is 19.8 Å². The molecule has 4 nitrogen and oxygen atoms in total. The highest BCUT2D eigenvalue weighted by molar-refractivity contribution is 6.50. The zero-order chi connectivity index (χ0) is 24.9. The van der Waals surface area contributed by atoms with E-state index in [4.69, 9.17) is 37.1 Å². The van der Waals surface area contributed by atoms with Crippen LogP contribution in [0.15, 0.2) is 71.1 Å². The minimum atomic E-state index is -6.00. The quantitative estimate of drug-likeness (QED) is 0.267. The second-order valence-corrected chi connectivity index (χ2v) is 7.74. The van der Waals surface area contributed by atoms with Crippen LogP contribution >= 0.6 is 23.2 Å². The van der Waals surface area contributed by atoms with Gasteiger partial charge in [-0.1, -0.05) is 35.3 Å². The highest BCUT2D eigenvalue weighted by Crippen LogP contribution is 2.32. The molecule has 0 saturated heterocycles. The number of para-hydroxylation sites is 1. The van der Waals surface area contributed by atoms with Gasteiger partial charge in [-0.3, -0.25) is 0 Å². The molecule has 0 aliphatic carbocycles. The Morgan fingerprint density at radius 2 is 1.41 bits per heavy atom. The SMILES string of the molecule is COc1ccc(-c2cc(=[NH+]c3cc(Cl)cc(Cl)c3)c3ccccc3o2)cc1OC.F[B-](F)(F)F. The first-order valence-corrected chi connectivity index (χ1v) is 10.5. The maximum atomic E-state index is 9.75. The van der Waals surface area contributed by atoms with E-state index in [0.717, 1.165) is 27.6 Å². The predicted molar refractivity (Wildman–Crippen MR) is 125 cm³/mol. The summed E-state index contributed by atoms with van der Waals surface area (Å²) in [5.74, 6) is 1.97. The first kappa shape index (κ1) is 25.5. The number of nitrogens with one attached hydrogen (secondary N) is 1. The highest BCUT2D eigenvalue weighted by Gasteiger charge is 2.20. The Kier molecular flexibility index (Phi) is 8.12. The third-order valence-corrected chi connectivity index (χ3v) is 4.92. The fourth-order valence-electron chi connectivity index (χ4n) is 3.15. The van der Waals surface area contributed by atoms with Crippen LogP contribution in [0, 0.1) is 0 Å². The Hall–Kier alpha value is -3.17. The summed E-state index contributed by atoms with van der Waals surface area (Å²) < 4.78 is 55.9. The third-order valence-electron chi connectivity index (χ3n) is 4.48. The van der Waals surface area contributed by atoms with Gasteiger partial charge in [0.25, 0.3) is 0 Å². The van der Waals surface area contributed by atoms with E-state index in [1.54, 1.807) is 20.3 Å². The number of methoxy groups -OCH3 is 2. The number of hydrogen-bond donors (Lipinski definition) is 1. The van der Waals surface area contributed by atoms with Crippen molar-refractivity contribution in [3.8, 4) is 22.8 Å². The van der Waals surface area contributed by atoms with Crippen molar-refractivity contribution in [1.29, 1.82) is 0 Å². The molecule has 1 heterocycles. The molecular formula is C23H18BCl2F4NO3. The van der Waals surface area contributed by atoms with Crippen LogP contribution in [0.4, 0.5) is 23.0 Å². The van der Waals surface area contributed by atoms with E-state index in [-0.39, 0.29) is 0 Å². The van der Waals surface area contributed by atoms with Crippen molar-refractivity contribution in [3.05, 3.63) is 82.1 Å². The molecule has 0 spiro atoms. The summed E-state index contributed by atoms with van der Waals surface area (Å²) in [7, 11) is -2.79. The molecular weight excluding hydrogens is 496 g/mol. The zero-order valence-corrected chi connectivity index (χ0v) is 19.4. The smallest absolute Gasteiger partial charge is 0.493 e. The lowest BCUT2D eigenvalue weighted by molar-refractivity contribution is -0.400. The summed E-state index contributed by atoms with van der Waals surface area (Å²) in [6, 6.07) is 20.8. The molecule has 0 aliphatic heterocycles. The van der Waals surface area contributed by atoms with Crippen molar-refractivity contribution >= 4 is 47.1 Å². The molecule has 11 heteroatoms. The molecule has 0 fully saturated rings. The summed E-state index contributed by atoms with van der Waals surface area (Å²) in [6.45, 7) is 0. The number of hydrogen-bond acceptors (Lipinski definition) is 3. The maximum Gasteiger partial charge on any atom is 0.673 e. The molecule has 0 aliphatic rings. The number of ether oxygens (including phenoxy) is 2. The first-order chi connectivity index (χ1) is 16.1. The third kappa shape index (κ3) is 6.92. The largest absolute Gasteiger partial charge is 0.673 e. The Balaban J connectivity index is 0.000000588. The van der Waals surface area contributed by atoms with Gasteiger partial charge >= 0.3 is 7.25 Å². The summed E-state index contributed by atoms with van der Waals surface area (Å²) in [5, 5.41) is 2.93. The van der Waals surface area contributed by atoms with Crippen molar-refractivity contribution in [3.63, 3.8) is 0 Å². The monoisotopic (exact) mass is 513 g/mol. The lowest BCUT2D eigenvalue weighted by Crippen LogP contribution is -2.70. The molecule has 0 unspecified atom stereocenters. The van der Waals surface area contributed by atoms with Crippen molar-refractivity contribution < 1.29 is 36.1 Å². The van der Waals surface area contributed by atoms with Crippen LogP contribution in [0.2, 0.25) is 10.0 Å². The predicted octanol–water partition coefficient (Wildman–Crippen LogP) is 6.04. The second kappa shape index (κ2) is 10.8. The topological polar surface area (TPSA) is 45.6 Å². The van der Waals surface area contributed by atoms with E-state index in [0.29, 0.717) is 27.3 Å². The van der Waals surface area contributed by atoms with E-state index in [9.17, 15) is 17.3 Å². The highest BCUT2D eigenvalue weighted by atomic mass is 35.5. The van der Waals surface area contributed by atoms with E-state index < -0.39 is 7.25 Å². The van der Waals surface area contributed by atoms with Gasteiger partial charge in [0.1, 0.15) is 11.3 Å². The van der Waals surface area contributed by atoms with Crippen molar-refractivity contribution in [2.75, 3.05) is 14.2 Å². The van der Waals surface area contributed by atoms with Gasteiger partial charge in [-0.25, -0.2) is 4.99 Å². The summed E-state index contributed by atoms with van der Waals surface area (Å²) >= 11 is 12.3. The molecule has 178 valence electrons. The molecule has 0 radical (unpaired) electrons. The number of halogens is 6. The molecule has 0 atom stereocenters. The molecule has 0 saturated carbocycles. The molecule has 4 aromatic rings. The van der Waals surface area contributed by atoms with Gasteiger partial charge in [0, 0.05) is 27.7 Å². The normalized spacial score (nSPS) is 11.7. The van der Waals surface area contributed by atoms with Gasteiger partial charge in [-0.2, -0.15) is 0 Å². The molecule has 4 rings (SSSR count). The molecule has 1 aromatic heterocycles. The Bertz CT molecular complexity index is 1350. The van der Waals surface area contributed by atoms with Gasteiger partial charge in [-0.05, 0) is 36.4 Å². The van der Waals surface area contributed by atoms with Crippen LogP contribution in [-0.4, -0.2) is 21.5 Å². The fourth-order valence-corrected chi connectivity index (χ4v) is 3.68. The molecule has 0 bridgehead atoms. The number of benzene rings is 3. The van der Waals surface area contributed by atoms with Crippen molar-refractivity contribution in [1.82, 2.24) is 0 Å². The van der Waals surface area contributed by atoms with Gasteiger partial charge in [-0.15, -0.1) is 0 Å². The van der Waals surface area contributed by atoms with Crippen LogP contribution in [0.5, 0.6) is 11.5 Å². The molecule has 1 N–H and O–H groups in total. The van der Waals surface area contributed by atoms with Crippen LogP contribution in [0.25, 0.3) is 22.3 Å². The van der Waals surface area contributed by atoms with Crippen LogP contribution in [0.3, 0.4) is 0 Å². The van der Waals surface area contributed by atoms with Crippen molar-refractivity contribution in [2.24, 2.45) is 0 Å². The van der Waals surface area contributed by atoms with E-state index in [1.165, 1.54) is 0 Å². The van der Waals surface area contributed by atoms with Gasteiger partial charge in [0.05, 0.1) is 25.7 Å². The molecule has 0 amide bonds. The van der Waals surface area contributed by atoms with Gasteiger partial charge in [0.15, 0.2) is 11.5 Å². The maximum absolute atomic E-state index is 9.75. The summed E-state index contributed by atoms with van der Waals surface area (Å²) in [6.07, 6.45) is 0.